The highest BCUT2D eigenvalue weighted by molar-refractivity contribution is 5.79. The van der Waals surface area contributed by atoms with Gasteiger partial charge in [-0.1, -0.05) is 25.5 Å². The minimum absolute atomic E-state index is 0.0325. The molecule has 5 rings (SSSR count). The van der Waals surface area contributed by atoms with E-state index in [2.05, 4.69) is 48.0 Å². The van der Waals surface area contributed by atoms with Gasteiger partial charge in [-0.15, -0.1) is 0 Å². The first kappa shape index (κ1) is 23.6. The number of rotatable bonds is 4. The monoisotopic (exact) mass is 458 g/mol. The number of guanidine groups is 1. The maximum atomic E-state index is 12.3. The van der Waals surface area contributed by atoms with Crippen molar-refractivity contribution in [2.24, 2.45) is 39.5 Å². The third-order valence-corrected chi connectivity index (χ3v) is 10.9. The molecule has 4 saturated carbocycles. The topological polar surface area (TPSA) is 88.9 Å². The fourth-order valence-electron chi connectivity index (χ4n) is 8.80. The Bertz CT molecular complexity index is 799. The van der Waals surface area contributed by atoms with Crippen molar-refractivity contribution < 1.29 is 10.2 Å². The van der Waals surface area contributed by atoms with Crippen molar-refractivity contribution in [3.63, 3.8) is 0 Å². The average Bonchev–Trinajstić information content (AvgIpc) is 3.06. The summed E-state index contributed by atoms with van der Waals surface area (Å²) < 4.78 is 0. The van der Waals surface area contributed by atoms with E-state index in [0.717, 1.165) is 77.0 Å². The lowest BCUT2D eigenvalue weighted by Crippen LogP contribution is -2.62. The van der Waals surface area contributed by atoms with Gasteiger partial charge in [-0.3, -0.25) is 10.4 Å². The minimum Gasteiger partial charge on any atom is -0.393 e. The summed E-state index contributed by atoms with van der Waals surface area (Å²) in [5.41, 5.74) is 7.56. The highest BCUT2D eigenvalue weighted by atomic mass is 16.3. The Labute approximate surface area is 200 Å². The maximum absolute atomic E-state index is 12.3. The zero-order valence-electron chi connectivity index (χ0n) is 21.0. The third-order valence-electron chi connectivity index (χ3n) is 10.9. The predicted octanol–water partition coefficient (Wildman–Crippen LogP) is 3.51. The molecule has 0 spiro atoms. The van der Waals surface area contributed by atoms with E-state index in [4.69, 9.17) is 0 Å². The van der Waals surface area contributed by atoms with E-state index in [9.17, 15) is 10.2 Å². The molecule has 0 bridgehead atoms. The lowest BCUT2D eigenvalue weighted by Gasteiger charge is -2.63. The van der Waals surface area contributed by atoms with Crippen LogP contribution >= 0.6 is 0 Å². The van der Waals surface area contributed by atoms with E-state index < -0.39 is 5.60 Å². The second-order valence-corrected chi connectivity index (χ2v) is 12.4. The van der Waals surface area contributed by atoms with Crippen LogP contribution in [0.15, 0.2) is 16.6 Å². The molecule has 5 aliphatic rings. The number of hydrogen-bond acceptors (Lipinski definition) is 6. The van der Waals surface area contributed by atoms with Crippen LogP contribution in [0.4, 0.5) is 0 Å². The maximum Gasteiger partial charge on any atom is 0.205 e. The molecular weight excluding hydrogens is 412 g/mol. The van der Waals surface area contributed by atoms with Gasteiger partial charge in [0.2, 0.25) is 5.96 Å². The smallest absolute Gasteiger partial charge is 0.205 e. The largest absolute Gasteiger partial charge is 0.393 e. The first-order chi connectivity index (χ1) is 15.8. The Morgan fingerprint density at radius 1 is 1.12 bits per heavy atom. The first-order valence-electron chi connectivity index (χ1n) is 13.6. The van der Waals surface area contributed by atoms with Crippen LogP contribution in [0.5, 0.6) is 0 Å². The molecule has 33 heavy (non-hydrogen) atoms. The molecule has 5 N–H and O–H groups in total. The first-order valence-corrected chi connectivity index (χ1v) is 13.6. The van der Waals surface area contributed by atoms with Crippen molar-refractivity contribution in [1.29, 1.82) is 0 Å². The number of aliphatic imine (C=N–C) groups is 1. The summed E-state index contributed by atoms with van der Waals surface area (Å²) in [6.45, 7) is 9.72. The molecule has 0 amide bonds. The molecule has 0 aromatic rings. The van der Waals surface area contributed by atoms with E-state index in [1.165, 1.54) is 18.4 Å². The van der Waals surface area contributed by atoms with E-state index in [1.54, 1.807) is 0 Å². The molecule has 6 heteroatoms. The van der Waals surface area contributed by atoms with Crippen LogP contribution in [0.25, 0.3) is 0 Å². The standard InChI is InChI=1S/C27H46N4O2/c1-18(17-30-31-24-28-13-4-14-29-24)15-20-7-12-27(33)23-6-5-19-16-21(32)8-10-25(19,2)22(23)9-11-26(20,27)3/h15,19-23,30,32-33H,4-14,16-17H2,1-3H3,(H2,28,29,31)/b18-15+/t19?,20?,21?,22-,23-,25+,26-,27-/m1/s1. The van der Waals surface area contributed by atoms with Crippen molar-refractivity contribution in [3.05, 3.63) is 11.6 Å². The van der Waals surface area contributed by atoms with Gasteiger partial charge in [0.1, 0.15) is 0 Å². The molecule has 3 unspecified atom stereocenters. The Balaban J connectivity index is 1.27. The van der Waals surface area contributed by atoms with Gasteiger partial charge in [0, 0.05) is 25.0 Å². The molecule has 1 heterocycles. The van der Waals surface area contributed by atoms with Crippen LogP contribution in [0.2, 0.25) is 0 Å². The molecule has 0 saturated heterocycles. The zero-order valence-corrected chi connectivity index (χ0v) is 21.0. The van der Waals surface area contributed by atoms with Gasteiger partial charge in [0.15, 0.2) is 0 Å². The van der Waals surface area contributed by atoms with Crippen LogP contribution in [0.3, 0.4) is 0 Å². The van der Waals surface area contributed by atoms with Crippen LogP contribution in [-0.2, 0) is 0 Å². The van der Waals surface area contributed by atoms with Crippen molar-refractivity contribution >= 4 is 5.96 Å². The molecule has 0 radical (unpaired) electrons. The van der Waals surface area contributed by atoms with Crippen LogP contribution < -0.4 is 16.2 Å². The second-order valence-electron chi connectivity index (χ2n) is 12.4. The van der Waals surface area contributed by atoms with E-state index in [0.29, 0.717) is 29.1 Å². The summed E-state index contributed by atoms with van der Waals surface area (Å²) in [5, 5.41) is 25.9. The lowest BCUT2D eigenvalue weighted by molar-refractivity contribution is -0.207. The molecule has 4 fully saturated rings. The summed E-state index contributed by atoms with van der Waals surface area (Å²) >= 11 is 0. The zero-order chi connectivity index (χ0) is 23.3. The summed E-state index contributed by atoms with van der Waals surface area (Å²) in [7, 11) is 0. The summed E-state index contributed by atoms with van der Waals surface area (Å²) in [5.74, 6) is 2.95. The number of nitrogens with one attached hydrogen (secondary N) is 3. The summed E-state index contributed by atoms with van der Waals surface area (Å²) in [6.07, 6.45) is 13.2. The lowest BCUT2D eigenvalue weighted by atomic mass is 9.43. The van der Waals surface area contributed by atoms with Gasteiger partial charge in [-0.25, -0.2) is 5.43 Å². The van der Waals surface area contributed by atoms with Crippen LogP contribution in [0.1, 0.15) is 85.0 Å². The average molecular weight is 459 g/mol. The number of hydrazine groups is 1. The van der Waals surface area contributed by atoms with Gasteiger partial charge in [0.05, 0.1) is 11.7 Å². The predicted molar refractivity (Wildman–Crippen MR) is 133 cm³/mol. The Kier molecular flexibility index (Phi) is 6.32. The number of aliphatic hydroxyl groups is 2. The van der Waals surface area contributed by atoms with Crippen LogP contribution in [-0.4, -0.2) is 47.5 Å². The molecule has 186 valence electrons. The van der Waals surface area contributed by atoms with E-state index in [1.807, 2.05) is 0 Å². The third kappa shape index (κ3) is 3.94. The van der Waals surface area contributed by atoms with Crippen molar-refractivity contribution in [2.75, 3.05) is 19.6 Å². The second kappa shape index (κ2) is 8.83. The van der Waals surface area contributed by atoms with Gasteiger partial charge < -0.3 is 15.5 Å². The highest BCUT2D eigenvalue weighted by Crippen LogP contribution is 2.69. The van der Waals surface area contributed by atoms with Crippen molar-refractivity contribution in [3.8, 4) is 0 Å². The highest BCUT2D eigenvalue weighted by Gasteiger charge is 2.66. The molecular formula is C27H46N4O2. The molecule has 6 nitrogen and oxygen atoms in total. The molecule has 0 aromatic carbocycles. The molecule has 0 aromatic heterocycles. The van der Waals surface area contributed by atoms with E-state index in [-0.39, 0.29) is 11.5 Å². The SMILES string of the molecule is C/C(=C\C1CC[C@@]2(O)[C@@H]3CCC4CC(O)CC[C@]4(C)[C@@H]3CC[C@]12C)CNNC1=NCCCN1. The van der Waals surface area contributed by atoms with Gasteiger partial charge >= 0.3 is 0 Å². The molecule has 8 atom stereocenters. The normalized spacial score (nSPS) is 47.6. The van der Waals surface area contributed by atoms with Gasteiger partial charge in [0.25, 0.3) is 0 Å². The molecule has 1 aliphatic heterocycles. The summed E-state index contributed by atoms with van der Waals surface area (Å²) in [4.78, 5) is 4.45. The Morgan fingerprint density at radius 2 is 1.97 bits per heavy atom. The van der Waals surface area contributed by atoms with Crippen molar-refractivity contribution in [1.82, 2.24) is 16.2 Å². The quantitative estimate of drug-likeness (QED) is 0.329. The minimum atomic E-state index is -0.548. The van der Waals surface area contributed by atoms with Crippen LogP contribution in [0, 0.1) is 34.5 Å². The summed E-state index contributed by atoms with van der Waals surface area (Å²) in [6, 6.07) is 0. The van der Waals surface area contributed by atoms with Gasteiger partial charge in [-0.05, 0) is 100 Å². The van der Waals surface area contributed by atoms with Crippen molar-refractivity contribution in [2.45, 2.75) is 96.7 Å². The molecule has 4 aliphatic carbocycles. The Morgan fingerprint density at radius 3 is 2.76 bits per heavy atom. The Hall–Kier alpha value is -1.11. The van der Waals surface area contributed by atoms with E-state index >= 15 is 0 Å². The number of allylic oxidation sites excluding steroid dienone is 1. The van der Waals surface area contributed by atoms with Gasteiger partial charge in [-0.2, -0.15) is 0 Å². The fourth-order valence-corrected chi connectivity index (χ4v) is 8.80. The fraction of sp³-hybridized carbons (Fsp3) is 0.889. The number of nitrogens with zero attached hydrogens (tertiary/aromatic N) is 1. The number of aliphatic hydroxyl groups excluding tert-OH is 1. The number of hydrogen-bond donors (Lipinski definition) is 5. The number of fused-ring (bicyclic) bond motifs is 5.